The molecule has 2 aromatic carbocycles. The van der Waals surface area contributed by atoms with Crippen LogP contribution in [-0.2, 0) is 26.0 Å². The van der Waals surface area contributed by atoms with Crippen LogP contribution in [0.15, 0.2) is 47.4 Å². The van der Waals surface area contributed by atoms with Gasteiger partial charge >= 0.3 is 21.9 Å². The molecule has 0 saturated carbocycles. The first-order chi connectivity index (χ1) is 17.5. The highest BCUT2D eigenvalue weighted by molar-refractivity contribution is 7.86. The second-order valence-corrected chi connectivity index (χ2v) is 11.7. The minimum atomic E-state index is -4.49. The lowest BCUT2D eigenvalue weighted by atomic mass is 10.0. The zero-order chi connectivity index (χ0) is 27.2. The summed E-state index contributed by atoms with van der Waals surface area (Å²) in [5.41, 5.74) is 12.5. The molecular weight excluding hydrogens is 498 g/mol. The summed E-state index contributed by atoms with van der Waals surface area (Å²) in [7, 11) is -4.49. The predicted molar refractivity (Wildman–Crippen MR) is 138 cm³/mol. The van der Waals surface area contributed by atoms with E-state index in [0.717, 1.165) is 5.56 Å². The Morgan fingerprint density at radius 2 is 1.73 bits per heavy atom. The Kier molecular flexibility index (Phi) is 9.16. The largest absolute Gasteiger partial charge is 0.477 e. The van der Waals surface area contributed by atoms with Crippen molar-refractivity contribution in [1.29, 1.82) is 0 Å². The number of nitrogens with two attached hydrogens (primary N) is 2. The van der Waals surface area contributed by atoms with Gasteiger partial charge in [0.1, 0.15) is 11.4 Å². The van der Waals surface area contributed by atoms with E-state index in [2.05, 4.69) is 0 Å². The number of fused-ring (bicyclic) bond motifs is 1. The molecule has 1 amide bonds. The smallest absolute Gasteiger partial charge is 0.364 e. The average molecular weight is 535 g/mol. The van der Waals surface area contributed by atoms with Gasteiger partial charge in [0.05, 0.1) is 6.42 Å². The highest BCUT2D eigenvalue weighted by Gasteiger charge is 2.58. The summed E-state index contributed by atoms with van der Waals surface area (Å²) in [6, 6.07) is 9.26. The number of ether oxygens (including phenoxy) is 2. The zero-order valence-corrected chi connectivity index (χ0v) is 22.1. The van der Waals surface area contributed by atoms with Crippen LogP contribution in [0.25, 0.3) is 0 Å². The maximum Gasteiger partial charge on any atom is 0.364 e. The fraction of sp³-hybridized carbons (Fsp3) is 0.462. The van der Waals surface area contributed by atoms with E-state index < -0.39 is 31.8 Å². The molecule has 2 aromatic rings. The third kappa shape index (κ3) is 6.06. The number of carbonyl (C=O) groups is 2. The first kappa shape index (κ1) is 28.4. The Bertz CT molecular complexity index is 1220. The van der Waals surface area contributed by atoms with E-state index in [0.29, 0.717) is 36.6 Å². The molecule has 2 atom stereocenters. The molecule has 202 valence electrons. The second-order valence-electron chi connectivity index (χ2n) is 9.64. The number of quaternary nitrogens is 1. The van der Waals surface area contributed by atoms with Gasteiger partial charge in [-0.15, -0.1) is 3.89 Å². The van der Waals surface area contributed by atoms with Crippen LogP contribution in [0.5, 0.6) is 11.5 Å². The Balaban J connectivity index is 2.09. The van der Waals surface area contributed by atoms with Gasteiger partial charge in [0.25, 0.3) is 0 Å². The van der Waals surface area contributed by atoms with Crippen LogP contribution >= 0.6 is 0 Å². The molecule has 0 aliphatic carbocycles. The van der Waals surface area contributed by atoms with Crippen LogP contribution in [-0.4, -0.2) is 55.2 Å². The number of carbonyl (C=O) groups excluding carboxylic acids is 1. The minimum Gasteiger partial charge on any atom is -0.477 e. The summed E-state index contributed by atoms with van der Waals surface area (Å²) in [5.74, 6) is -1.17. The van der Waals surface area contributed by atoms with Crippen molar-refractivity contribution >= 4 is 27.6 Å². The monoisotopic (exact) mass is 534 g/mol. The molecule has 0 bridgehead atoms. The fourth-order valence-corrected chi connectivity index (χ4v) is 6.94. The maximum atomic E-state index is 14.3. The topological polar surface area (TPSA) is 159 Å². The predicted octanol–water partition coefficient (Wildman–Crippen LogP) is 2.90. The molecule has 0 saturated heterocycles. The number of rotatable bonds is 13. The molecule has 1 aliphatic rings. The summed E-state index contributed by atoms with van der Waals surface area (Å²) in [6.45, 7) is 3.80. The highest BCUT2D eigenvalue weighted by Crippen LogP contribution is 2.36. The van der Waals surface area contributed by atoms with E-state index in [-0.39, 0.29) is 43.4 Å². The summed E-state index contributed by atoms with van der Waals surface area (Å²) in [5, 5.41) is 10.3. The molecule has 10 nitrogen and oxygen atoms in total. The van der Waals surface area contributed by atoms with Crippen molar-refractivity contribution in [2.75, 3.05) is 25.6 Å². The molecule has 11 heteroatoms. The molecular formula is C26H36N3O7S+. The van der Waals surface area contributed by atoms with Gasteiger partial charge in [-0.2, -0.15) is 8.42 Å². The summed E-state index contributed by atoms with van der Waals surface area (Å²) in [6.07, 6.45) is 0.904. The molecule has 0 fully saturated rings. The van der Waals surface area contributed by atoms with Gasteiger partial charge in [0.2, 0.25) is 12.8 Å². The number of nitrogen functional groups attached to an aromatic ring is 1. The standard InChI is InChI=1S/C26H35N3O7S/c1-18(2)16-29(22(26(31)32)5-3-4-14-27,37(33,34)21-10-8-20(28)9-11-21)25(30)13-7-19-6-12-23-24(15-19)36-17-35-23/h6,8-12,15,18,22H,3-5,7,13-14,16-17,27-28H2,1-2H3/p+1/t22-,29?/m0/s1. The molecule has 0 aromatic heterocycles. The van der Waals surface area contributed by atoms with Gasteiger partial charge in [-0.1, -0.05) is 19.9 Å². The Morgan fingerprint density at radius 1 is 1.05 bits per heavy atom. The Labute approximate surface area is 217 Å². The molecule has 37 heavy (non-hydrogen) atoms. The summed E-state index contributed by atoms with van der Waals surface area (Å²) >= 11 is 0. The number of aryl methyl sites for hydroxylation is 1. The number of sulfonamides is 1. The lowest BCUT2D eigenvalue weighted by Crippen LogP contribution is -2.66. The zero-order valence-electron chi connectivity index (χ0n) is 21.3. The number of hydrogen-bond donors (Lipinski definition) is 3. The maximum absolute atomic E-state index is 14.3. The number of aliphatic carboxylic acids is 1. The van der Waals surface area contributed by atoms with Crippen molar-refractivity contribution in [3.63, 3.8) is 0 Å². The first-order valence-electron chi connectivity index (χ1n) is 12.4. The fourth-order valence-electron chi connectivity index (χ4n) is 4.70. The van der Waals surface area contributed by atoms with Gasteiger partial charge < -0.3 is 26.0 Å². The van der Waals surface area contributed by atoms with Gasteiger partial charge in [0.15, 0.2) is 11.5 Å². The van der Waals surface area contributed by atoms with Crippen molar-refractivity contribution in [1.82, 2.24) is 0 Å². The number of hydrogen-bond acceptors (Lipinski definition) is 8. The SMILES string of the molecule is CC(C)C[N+](C(=O)CCc1ccc2c(c1)OCO2)([C@@H](CCCCN)C(=O)O)S(=O)(=O)c1ccc(N)cc1. The van der Waals surface area contributed by atoms with E-state index in [9.17, 15) is 23.1 Å². The van der Waals surface area contributed by atoms with E-state index in [1.165, 1.54) is 24.3 Å². The summed E-state index contributed by atoms with van der Waals surface area (Å²) in [4.78, 5) is 26.6. The van der Waals surface area contributed by atoms with Crippen molar-refractivity contribution < 1.29 is 36.5 Å². The lowest BCUT2D eigenvalue weighted by molar-refractivity contribution is -0.753. The number of amides is 1. The van der Waals surface area contributed by atoms with Crippen molar-refractivity contribution in [3.8, 4) is 11.5 Å². The lowest BCUT2D eigenvalue weighted by Gasteiger charge is -2.40. The minimum absolute atomic E-state index is 0.0107. The van der Waals surface area contributed by atoms with Gasteiger partial charge in [0, 0.05) is 18.0 Å². The molecule has 0 radical (unpaired) electrons. The number of anilines is 1. The first-order valence-corrected chi connectivity index (χ1v) is 13.8. The highest BCUT2D eigenvalue weighted by atomic mass is 32.2. The van der Waals surface area contributed by atoms with E-state index in [1.807, 2.05) is 0 Å². The molecule has 1 unspecified atom stereocenters. The summed E-state index contributed by atoms with van der Waals surface area (Å²) < 4.78 is 38.1. The van der Waals surface area contributed by atoms with Crippen molar-refractivity contribution in [2.24, 2.45) is 11.7 Å². The number of carboxylic acid groups (broad SMARTS) is 1. The van der Waals surface area contributed by atoms with Crippen LogP contribution in [0.2, 0.25) is 0 Å². The molecule has 1 aliphatic heterocycles. The van der Waals surface area contributed by atoms with E-state index in [4.69, 9.17) is 20.9 Å². The van der Waals surface area contributed by atoms with Crippen LogP contribution in [0.4, 0.5) is 5.69 Å². The van der Waals surface area contributed by atoms with Crippen LogP contribution < -0.4 is 20.9 Å². The second kappa shape index (κ2) is 11.9. The van der Waals surface area contributed by atoms with Crippen molar-refractivity contribution in [2.45, 2.75) is 56.9 Å². The Hall–Kier alpha value is -3.15. The third-order valence-corrected chi connectivity index (χ3v) is 8.78. The molecule has 3 rings (SSSR count). The van der Waals surface area contributed by atoms with E-state index >= 15 is 0 Å². The number of carboxylic acids is 1. The van der Waals surface area contributed by atoms with Crippen LogP contribution in [0, 0.1) is 5.92 Å². The quantitative estimate of drug-likeness (QED) is 0.199. The molecule has 5 N–H and O–H groups in total. The third-order valence-electron chi connectivity index (χ3n) is 6.45. The van der Waals surface area contributed by atoms with Gasteiger partial charge in [-0.3, -0.25) is 0 Å². The number of nitrogens with zero attached hydrogens (tertiary/aromatic N) is 1. The van der Waals surface area contributed by atoms with Crippen LogP contribution in [0.1, 0.15) is 45.1 Å². The van der Waals surface area contributed by atoms with Crippen LogP contribution in [0.3, 0.4) is 0 Å². The Morgan fingerprint density at radius 3 is 2.35 bits per heavy atom. The van der Waals surface area contributed by atoms with E-state index in [1.54, 1.807) is 32.0 Å². The molecule has 1 heterocycles. The molecule has 0 spiro atoms. The normalized spacial score (nSPS) is 15.4. The van der Waals surface area contributed by atoms with Gasteiger partial charge in [-0.05, 0) is 67.8 Å². The van der Waals surface area contributed by atoms with Crippen molar-refractivity contribution in [3.05, 3.63) is 48.0 Å². The number of benzene rings is 2. The number of unbranched alkanes of at least 4 members (excludes halogenated alkanes) is 1. The van der Waals surface area contributed by atoms with Gasteiger partial charge in [-0.25, -0.2) is 9.59 Å². The average Bonchev–Trinajstić information content (AvgIpc) is 3.32.